The third kappa shape index (κ3) is 2.96. The highest BCUT2D eigenvalue weighted by Gasteiger charge is 2.32. The highest BCUT2D eigenvalue weighted by molar-refractivity contribution is 6.28. The summed E-state index contributed by atoms with van der Waals surface area (Å²) in [5.74, 6) is 2.06. The Labute approximate surface area is 124 Å². The van der Waals surface area contributed by atoms with Crippen LogP contribution in [0.3, 0.4) is 0 Å². The van der Waals surface area contributed by atoms with Gasteiger partial charge in [-0.05, 0) is 37.3 Å². The van der Waals surface area contributed by atoms with E-state index >= 15 is 0 Å². The first-order valence-electron chi connectivity index (χ1n) is 7.12. The van der Waals surface area contributed by atoms with Crippen LogP contribution in [-0.2, 0) is 4.74 Å². The number of hydrogen-bond acceptors (Lipinski definition) is 6. The molecule has 20 heavy (non-hydrogen) atoms. The van der Waals surface area contributed by atoms with Crippen molar-refractivity contribution in [2.24, 2.45) is 5.92 Å². The quantitative estimate of drug-likeness (QED) is 0.841. The summed E-state index contributed by atoms with van der Waals surface area (Å²) in [6.07, 6.45) is 2.58. The first kappa shape index (κ1) is 13.8. The number of ether oxygens (including phenoxy) is 1. The molecule has 2 aliphatic rings. The monoisotopic (exact) mass is 297 g/mol. The molecule has 6 nitrogen and oxygen atoms in total. The SMILES string of the molecule is CC(C1CC1)N(C)c1nc(Cl)nc(N2CCOCC2)n1. The first-order valence-corrected chi connectivity index (χ1v) is 7.50. The fourth-order valence-corrected chi connectivity index (χ4v) is 2.62. The summed E-state index contributed by atoms with van der Waals surface area (Å²) in [5, 5.41) is 0.256. The van der Waals surface area contributed by atoms with Gasteiger partial charge in [0.05, 0.1) is 13.2 Å². The molecule has 0 amide bonds. The van der Waals surface area contributed by atoms with Gasteiger partial charge in [0.15, 0.2) is 0 Å². The number of aromatic nitrogens is 3. The minimum atomic E-state index is 0.256. The third-order valence-electron chi connectivity index (χ3n) is 4.11. The van der Waals surface area contributed by atoms with Crippen molar-refractivity contribution in [3.63, 3.8) is 0 Å². The lowest BCUT2D eigenvalue weighted by Gasteiger charge is -2.29. The molecule has 0 N–H and O–H groups in total. The van der Waals surface area contributed by atoms with Gasteiger partial charge in [0, 0.05) is 26.2 Å². The summed E-state index contributed by atoms with van der Waals surface area (Å²) < 4.78 is 5.35. The molecule has 110 valence electrons. The van der Waals surface area contributed by atoms with Gasteiger partial charge in [-0.2, -0.15) is 15.0 Å². The molecule has 1 aliphatic carbocycles. The Balaban J connectivity index is 1.81. The van der Waals surface area contributed by atoms with Crippen molar-refractivity contribution in [3.8, 4) is 0 Å². The molecule has 1 saturated carbocycles. The second-order valence-electron chi connectivity index (χ2n) is 5.49. The van der Waals surface area contributed by atoms with Crippen LogP contribution in [0, 0.1) is 5.92 Å². The number of nitrogens with zero attached hydrogens (tertiary/aromatic N) is 5. The number of halogens is 1. The second kappa shape index (κ2) is 5.69. The highest BCUT2D eigenvalue weighted by Crippen LogP contribution is 2.35. The lowest BCUT2D eigenvalue weighted by molar-refractivity contribution is 0.122. The van der Waals surface area contributed by atoms with E-state index in [0.29, 0.717) is 31.2 Å². The predicted octanol–water partition coefficient (Wildman–Crippen LogP) is 1.60. The normalized spacial score (nSPS) is 20.9. The molecule has 1 aromatic rings. The van der Waals surface area contributed by atoms with E-state index in [0.717, 1.165) is 19.0 Å². The maximum atomic E-state index is 6.07. The average Bonchev–Trinajstić information content (AvgIpc) is 3.30. The molecule has 1 aromatic heterocycles. The Morgan fingerprint density at radius 1 is 1.25 bits per heavy atom. The standard InChI is InChI=1S/C13H20ClN5O/c1-9(10-3-4-10)18(2)12-15-11(14)16-13(17-12)19-5-7-20-8-6-19/h9-10H,3-8H2,1-2H3. The van der Waals surface area contributed by atoms with E-state index in [9.17, 15) is 0 Å². The molecule has 2 heterocycles. The number of morpholine rings is 1. The topological polar surface area (TPSA) is 54.4 Å². The molecular weight excluding hydrogens is 278 g/mol. The smallest absolute Gasteiger partial charge is 0.231 e. The average molecular weight is 298 g/mol. The molecule has 0 spiro atoms. The summed E-state index contributed by atoms with van der Waals surface area (Å²) in [7, 11) is 2.03. The van der Waals surface area contributed by atoms with Gasteiger partial charge in [0.25, 0.3) is 0 Å². The Morgan fingerprint density at radius 3 is 2.60 bits per heavy atom. The van der Waals surface area contributed by atoms with E-state index in [2.05, 4.69) is 31.7 Å². The van der Waals surface area contributed by atoms with Gasteiger partial charge < -0.3 is 14.5 Å². The van der Waals surface area contributed by atoms with Gasteiger partial charge in [-0.1, -0.05) is 0 Å². The van der Waals surface area contributed by atoms with Gasteiger partial charge in [0.2, 0.25) is 17.2 Å². The first-order chi connectivity index (χ1) is 9.65. The van der Waals surface area contributed by atoms with Crippen molar-refractivity contribution >= 4 is 23.5 Å². The van der Waals surface area contributed by atoms with E-state index in [1.165, 1.54) is 12.8 Å². The molecule has 1 saturated heterocycles. The van der Waals surface area contributed by atoms with Crippen LogP contribution in [0.4, 0.5) is 11.9 Å². The van der Waals surface area contributed by atoms with Crippen LogP contribution in [0.25, 0.3) is 0 Å². The highest BCUT2D eigenvalue weighted by atomic mass is 35.5. The van der Waals surface area contributed by atoms with Gasteiger partial charge in [-0.3, -0.25) is 0 Å². The van der Waals surface area contributed by atoms with Gasteiger partial charge in [-0.15, -0.1) is 0 Å². The van der Waals surface area contributed by atoms with Crippen LogP contribution in [0.5, 0.6) is 0 Å². The van der Waals surface area contributed by atoms with E-state index in [4.69, 9.17) is 16.3 Å². The Bertz CT molecular complexity index is 476. The van der Waals surface area contributed by atoms with Crippen LogP contribution in [0.1, 0.15) is 19.8 Å². The predicted molar refractivity (Wildman–Crippen MR) is 78.5 cm³/mol. The minimum Gasteiger partial charge on any atom is -0.378 e. The van der Waals surface area contributed by atoms with Crippen molar-refractivity contribution in [1.29, 1.82) is 0 Å². The zero-order chi connectivity index (χ0) is 14.1. The van der Waals surface area contributed by atoms with Crippen molar-refractivity contribution in [3.05, 3.63) is 5.28 Å². The number of anilines is 2. The Hall–Kier alpha value is -1.14. The molecule has 0 aromatic carbocycles. The minimum absolute atomic E-state index is 0.256. The van der Waals surface area contributed by atoms with Gasteiger partial charge in [-0.25, -0.2) is 0 Å². The lowest BCUT2D eigenvalue weighted by Crippen LogP contribution is -2.38. The molecule has 7 heteroatoms. The maximum Gasteiger partial charge on any atom is 0.231 e. The van der Waals surface area contributed by atoms with Crippen LogP contribution in [0.15, 0.2) is 0 Å². The fraction of sp³-hybridized carbons (Fsp3) is 0.769. The molecule has 0 radical (unpaired) electrons. The third-order valence-corrected chi connectivity index (χ3v) is 4.28. The fourth-order valence-electron chi connectivity index (χ4n) is 2.47. The van der Waals surface area contributed by atoms with E-state index in [1.54, 1.807) is 0 Å². The molecule has 0 bridgehead atoms. The van der Waals surface area contributed by atoms with Gasteiger partial charge >= 0.3 is 0 Å². The number of rotatable bonds is 4. The summed E-state index contributed by atoms with van der Waals surface area (Å²) in [6, 6.07) is 0.436. The second-order valence-corrected chi connectivity index (χ2v) is 5.83. The van der Waals surface area contributed by atoms with Crippen LogP contribution < -0.4 is 9.80 Å². The summed E-state index contributed by atoms with van der Waals surface area (Å²) in [5.41, 5.74) is 0. The van der Waals surface area contributed by atoms with E-state index in [1.807, 2.05) is 7.05 Å². The maximum absolute atomic E-state index is 6.07. The Kier molecular flexibility index (Phi) is 3.94. The van der Waals surface area contributed by atoms with Gasteiger partial charge in [0.1, 0.15) is 0 Å². The van der Waals surface area contributed by atoms with Crippen molar-refractivity contribution in [2.45, 2.75) is 25.8 Å². The van der Waals surface area contributed by atoms with Crippen molar-refractivity contribution in [2.75, 3.05) is 43.2 Å². The largest absolute Gasteiger partial charge is 0.378 e. The number of hydrogen-bond donors (Lipinski definition) is 0. The van der Waals surface area contributed by atoms with Crippen LogP contribution >= 0.6 is 11.6 Å². The molecule has 2 fully saturated rings. The summed E-state index contributed by atoms with van der Waals surface area (Å²) >= 11 is 6.07. The van der Waals surface area contributed by atoms with E-state index in [-0.39, 0.29) is 5.28 Å². The lowest BCUT2D eigenvalue weighted by atomic mass is 10.2. The van der Waals surface area contributed by atoms with E-state index < -0.39 is 0 Å². The summed E-state index contributed by atoms with van der Waals surface area (Å²) in [4.78, 5) is 17.3. The molecular formula is C13H20ClN5O. The van der Waals surface area contributed by atoms with Crippen LogP contribution in [0.2, 0.25) is 5.28 Å². The molecule has 1 unspecified atom stereocenters. The zero-order valence-corrected chi connectivity index (χ0v) is 12.7. The van der Waals surface area contributed by atoms with Crippen molar-refractivity contribution < 1.29 is 4.74 Å². The zero-order valence-electron chi connectivity index (χ0n) is 11.9. The van der Waals surface area contributed by atoms with Crippen LogP contribution in [-0.4, -0.2) is 54.3 Å². The summed E-state index contributed by atoms with van der Waals surface area (Å²) in [6.45, 7) is 5.20. The molecule has 3 rings (SSSR count). The Morgan fingerprint density at radius 2 is 1.95 bits per heavy atom. The molecule has 1 atom stereocenters. The molecule has 1 aliphatic heterocycles. The van der Waals surface area contributed by atoms with Crippen molar-refractivity contribution in [1.82, 2.24) is 15.0 Å².